The summed E-state index contributed by atoms with van der Waals surface area (Å²) in [7, 11) is 0. The second-order valence-electron chi connectivity index (χ2n) is 5.72. The molecule has 0 spiro atoms. The molecular weight excluding hydrogens is 254 g/mol. The first-order valence-corrected chi connectivity index (χ1v) is 7.22. The molecular formula is C15H23N3O2. The summed E-state index contributed by atoms with van der Waals surface area (Å²) >= 11 is 0. The molecule has 1 aromatic carbocycles. The fourth-order valence-corrected chi connectivity index (χ4v) is 2.94. The van der Waals surface area contributed by atoms with Gasteiger partial charge in [-0.2, -0.15) is 0 Å². The molecule has 1 aromatic rings. The summed E-state index contributed by atoms with van der Waals surface area (Å²) in [4.78, 5) is 13.1. The third-order valence-electron chi connectivity index (χ3n) is 4.34. The van der Waals surface area contributed by atoms with Gasteiger partial charge >= 0.3 is 0 Å². The van der Waals surface area contributed by atoms with Crippen molar-refractivity contribution in [1.29, 1.82) is 0 Å². The number of nitro groups is 1. The van der Waals surface area contributed by atoms with Crippen LogP contribution in [0.25, 0.3) is 0 Å². The monoisotopic (exact) mass is 277 g/mol. The van der Waals surface area contributed by atoms with Crippen LogP contribution in [0.1, 0.15) is 36.9 Å². The first-order chi connectivity index (χ1) is 9.52. The normalized spacial score (nSPS) is 21.6. The topological polar surface area (TPSA) is 72.4 Å². The van der Waals surface area contributed by atoms with E-state index in [2.05, 4.69) is 11.8 Å². The van der Waals surface area contributed by atoms with E-state index in [1.54, 1.807) is 13.0 Å². The van der Waals surface area contributed by atoms with Crippen LogP contribution in [0.5, 0.6) is 0 Å². The van der Waals surface area contributed by atoms with Crippen molar-refractivity contribution in [3.05, 3.63) is 39.4 Å². The highest BCUT2D eigenvalue weighted by molar-refractivity contribution is 5.43. The molecule has 1 aliphatic heterocycles. The Kier molecular flexibility index (Phi) is 4.73. The first-order valence-electron chi connectivity index (χ1n) is 7.22. The lowest BCUT2D eigenvalue weighted by atomic mass is 9.95. The maximum Gasteiger partial charge on any atom is 0.272 e. The number of hydrogen-bond acceptors (Lipinski definition) is 4. The zero-order valence-corrected chi connectivity index (χ0v) is 12.2. The molecule has 0 aliphatic carbocycles. The lowest BCUT2D eigenvalue weighted by molar-refractivity contribution is -0.385. The Labute approximate surface area is 119 Å². The van der Waals surface area contributed by atoms with Gasteiger partial charge in [0.2, 0.25) is 0 Å². The van der Waals surface area contributed by atoms with Crippen molar-refractivity contribution >= 4 is 5.69 Å². The number of nitro benzene ring substituents is 1. The van der Waals surface area contributed by atoms with Crippen LogP contribution in [0.4, 0.5) is 5.69 Å². The lowest BCUT2D eigenvalue weighted by Crippen LogP contribution is -2.39. The molecule has 0 amide bonds. The predicted molar refractivity (Wildman–Crippen MR) is 79.6 cm³/mol. The number of nitrogens with two attached hydrogens (primary N) is 1. The number of piperidine rings is 1. The third-order valence-corrected chi connectivity index (χ3v) is 4.34. The average Bonchev–Trinajstić information content (AvgIpc) is 2.46. The molecule has 0 radical (unpaired) electrons. The molecule has 2 unspecified atom stereocenters. The molecule has 2 N–H and O–H groups in total. The Balaban J connectivity index is 2.18. The molecule has 1 aliphatic rings. The van der Waals surface area contributed by atoms with Gasteiger partial charge in [-0.15, -0.1) is 0 Å². The second-order valence-corrected chi connectivity index (χ2v) is 5.72. The van der Waals surface area contributed by atoms with Crippen molar-refractivity contribution in [1.82, 2.24) is 4.90 Å². The number of likely N-dealkylation sites (tertiary alicyclic amines) is 1. The Morgan fingerprint density at radius 3 is 2.95 bits per heavy atom. The van der Waals surface area contributed by atoms with Crippen LogP contribution >= 0.6 is 0 Å². The van der Waals surface area contributed by atoms with Crippen LogP contribution in [0.2, 0.25) is 0 Å². The highest BCUT2D eigenvalue weighted by atomic mass is 16.6. The van der Waals surface area contributed by atoms with Crippen LogP contribution in [0.3, 0.4) is 0 Å². The zero-order valence-electron chi connectivity index (χ0n) is 12.2. The van der Waals surface area contributed by atoms with Gasteiger partial charge in [-0.1, -0.05) is 12.1 Å². The van der Waals surface area contributed by atoms with E-state index >= 15 is 0 Å². The molecule has 2 rings (SSSR count). The lowest BCUT2D eigenvalue weighted by Gasteiger charge is -2.36. The molecule has 20 heavy (non-hydrogen) atoms. The smallest absolute Gasteiger partial charge is 0.272 e. The van der Waals surface area contributed by atoms with Crippen molar-refractivity contribution in [2.45, 2.75) is 32.7 Å². The Bertz CT molecular complexity index is 490. The molecule has 2 atom stereocenters. The minimum Gasteiger partial charge on any atom is -0.330 e. The van der Waals surface area contributed by atoms with Crippen molar-refractivity contribution < 1.29 is 4.92 Å². The van der Waals surface area contributed by atoms with Gasteiger partial charge in [-0.3, -0.25) is 15.0 Å². The molecule has 110 valence electrons. The van der Waals surface area contributed by atoms with Crippen molar-refractivity contribution in [2.24, 2.45) is 11.7 Å². The van der Waals surface area contributed by atoms with Crippen LogP contribution < -0.4 is 5.73 Å². The fraction of sp³-hybridized carbons (Fsp3) is 0.600. The summed E-state index contributed by atoms with van der Waals surface area (Å²) in [6.07, 6.45) is 2.34. The second kappa shape index (κ2) is 6.33. The highest BCUT2D eigenvalue weighted by Gasteiger charge is 2.24. The summed E-state index contributed by atoms with van der Waals surface area (Å²) < 4.78 is 0. The summed E-state index contributed by atoms with van der Waals surface area (Å²) in [6, 6.07) is 5.75. The minimum atomic E-state index is -0.301. The van der Waals surface area contributed by atoms with Gasteiger partial charge in [-0.25, -0.2) is 0 Å². The summed E-state index contributed by atoms with van der Waals surface area (Å²) in [5, 5.41) is 11.0. The SMILES string of the molecule is Cc1ccc(C(C)N2CCCC(CN)C2)cc1[N+](=O)[O-]. The number of benzene rings is 1. The van der Waals surface area contributed by atoms with E-state index in [0.29, 0.717) is 11.5 Å². The standard InChI is InChI=1S/C15H23N3O2/c1-11-5-6-14(8-15(11)18(19)20)12(2)17-7-3-4-13(9-16)10-17/h5-6,8,12-13H,3-4,7,9-10,16H2,1-2H3. The van der Waals surface area contributed by atoms with Crippen LogP contribution in [0, 0.1) is 23.0 Å². The van der Waals surface area contributed by atoms with Gasteiger partial charge < -0.3 is 5.73 Å². The third kappa shape index (κ3) is 3.16. The molecule has 5 heteroatoms. The molecule has 5 nitrogen and oxygen atoms in total. The van der Waals surface area contributed by atoms with Gasteiger partial charge in [0, 0.05) is 24.2 Å². The summed E-state index contributed by atoms with van der Waals surface area (Å²) in [6.45, 7) is 6.64. The van der Waals surface area contributed by atoms with Crippen molar-refractivity contribution in [3.63, 3.8) is 0 Å². The maximum atomic E-state index is 11.0. The summed E-state index contributed by atoms with van der Waals surface area (Å²) in [5.74, 6) is 0.548. The minimum absolute atomic E-state index is 0.198. The molecule has 0 aromatic heterocycles. The molecule has 1 fully saturated rings. The van der Waals surface area contributed by atoms with E-state index in [-0.39, 0.29) is 16.7 Å². The predicted octanol–water partition coefficient (Wildman–Crippen LogP) is 2.63. The van der Waals surface area contributed by atoms with Gasteiger partial charge in [-0.05, 0) is 51.3 Å². The van der Waals surface area contributed by atoms with Gasteiger partial charge in [0.1, 0.15) is 0 Å². The number of aryl methyl sites for hydroxylation is 1. The van der Waals surface area contributed by atoms with E-state index in [1.807, 2.05) is 12.1 Å². The number of rotatable bonds is 4. The highest BCUT2D eigenvalue weighted by Crippen LogP contribution is 2.29. The molecule has 0 saturated carbocycles. The first kappa shape index (κ1) is 14.9. The summed E-state index contributed by atoms with van der Waals surface area (Å²) in [5.41, 5.74) is 7.71. The van der Waals surface area contributed by atoms with Crippen LogP contribution in [-0.4, -0.2) is 29.5 Å². The quantitative estimate of drug-likeness (QED) is 0.678. The van der Waals surface area contributed by atoms with Gasteiger partial charge in [0.05, 0.1) is 4.92 Å². The Morgan fingerprint density at radius 1 is 1.55 bits per heavy atom. The largest absolute Gasteiger partial charge is 0.330 e. The van der Waals surface area contributed by atoms with Gasteiger partial charge in [0.25, 0.3) is 5.69 Å². The van der Waals surface area contributed by atoms with E-state index < -0.39 is 0 Å². The van der Waals surface area contributed by atoms with Crippen molar-refractivity contribution in [3.8, 4) is 0 Å². The Hall–Kier alpha value is -1.46. The Morgan fingerprint density at radius 2 is 2.30 bits per heavy atom. The zero-order chi connectivity index (χ0) is 14.7. The molecule has 1 saturated heterocycles. The molecule has 1 heterocycles. The average molecular weight is 277 g/mol. The number of nitrogens with zero attached hydrogens (tertiary/aromatic N) is 2. The van der Waals surface area contributed by atoms with Gasteiger partial charge in [0.15, 0.2) is 0 Å². The van der Waals surface area contributed by atoms with E-state index in [9.17, 15) is 10.1 Å². The van der Waals surface area contributed by atoms with E-state index in [4.69, 9.17) is 5.73 Å². The van der Waals surface area contributed by atoms with E-state index in [0.717, 1.165) is 31.6 Å². The fourth-order valence-electron chi connectivity index (χ4n) is 2.94. The van der Waals surface area contributed by atoms with E-state index in [1.165, 1.54) is 6.42 Å². The molecule has 0 bridgehead atoms. The maximum absolute atomic E-state index is 11.0. The van der Waals surface area contributed by atoms with Crippen LogP contribution in [0.15, 0.2) is 18.2 Å². The van der Waals surface area contributed by atoms with Crippen molar-refractivity contribution in [2.75, 3.05) is 19.6 Å². The van der Waals surface area contributed by atoms with Crippen LogP contribution in [-0.2, 0) is 0 Å². The number of hydrogen-bond donors (Lipinski definition) is 1.